The van der Waals surface area contributed by atoms with Crippen molar-refractivity contribution in [2.75, 3.05) is 11.9 Å². The van der Waals surface area contributed by atoms with Crippen molar-refractivity contribution < 1.29 is 9.53 Å². The Labute approximate surface area is 160 Å². The highest BCUT2D eigenvalue weighted by Gasteiger charge is 2.19. The van der Waals surface area contributed by atoms with E-state index in [2.05, 4.69) is 15.5 Å². The first-order valence-electron chi connectivity index (χ1n) is 8.22. The first-order valence-corrected chi connectivity index (χ1v) is 9.98. The van der Waals surface area contributed by atoms with Crippen LogP contribution >= 0.6 is 23.1 Å². The topological polar surface area (TPSA) is 69.0 Å². The molecule has 1 aromatic carbocycles. The van der Waals surface area contributed by atoms with Crippen molar-refractivity contribution in [1.29, 1.82) is 0 Å². The van der Waals surface area contributed by atoms with Crippen LogP contribution in [0.2, 0.25) is 0 Å². The predicted molar refractivity (Wildman–Crippen MR) is 106 cm³/mol. The second-order valence-corrected chi connectivity index (χ2v) is 7.80. The van der Waals surface area contributed by atoms with Gasteiger partial charge in [-0.15, -0.1) is 21.5 Å². The van der Waals surface area contributed by atoms with Crippen LogP contribution < -0.4 is 10.1 Å². The lowest BCUT2D eigenvalue weighted by molar-refractivity contribution is -0.115. The standard InChI is InChI=1S/C18H20N4O2S2/c1-4-24-14-9-7-13(8-10-14)19-17(23)12(2)26-18-21-20-16(22(18)3)15-6-5-11-25-15/h5-12H,4H2,1-3H3,(H,19,23)/t12-/m1/s1. The summed E-state index contributed by atoms with van der Waals surface area (Å²) in [5.41, 5.74) is 0.739. The molecule has 0 bridgehead atoms. The van der Waals surface area contributed by atoms with E-state index in [-0.39, 0.29) is 11.2 Å². The van der Waals surface area contributed by atoms with Crippen molar-refractivity contribution >= 4 is 34.7 Å². The zero-order valence-corrected chi connectivity index (χ0v) is 16.4. The van der Waals surface area contributed by atoms with Gasteiger partial charge in [0.25, 0.3) is 0 Å². The van der Waals surface area contributed by atoms with Gasteiger partial charge >= 0.3 is 0 Å². The van der Waals surface area contributed by atoms with Gasteiger partial charge in [0.2, 0.25) is 5.91 Å². The van der Waals surface area contributed by atoms with Crippen LogP contribution in [-0.2, 0) is 11.8 Å². The molecular weight excluding hydrogens is 368 g/mol. The summed E-state index contributed by atoms with van der Waals surface area (Å²) in [4.78, 5) is 13.5. The molecular formula is C18H20N4O2S2. The normalized spacial score (nSPS) is 12.0. The summed E-state index contributed by atoms with van der Waals surface area (Å²) in [6.07, 6.45) is 0. The predicted octanol–water partition coefficient (Wildman–Crippen LogP) is 4.06. The van der Waals surface area contributed by atoms with Gasteiger partial charge in [-0.3, -0.25) is 4.79 Å². The highest BCUT2D eigenvalue weighted by Crippen LogP contribution is 2.28. The molecule has 0 aliphatic heterocycles. The molecule has 3 rings (SSSR count). The first-order chi connectivity index (χ1) is 12.6. The van der Waals surface area contributed by atoms with Crippen molar-refractivity contribution in [3.63, 3.8) is 0 Å². The van der Waals surface area contributed by atoms with Gasteiger partial charge in [-0.1, -0.05) is 17.8 Å². The van der Waals surface area contributed by atoms with Gasteiger partial charge in [0.15, 0.2) is 11.0 Å². The Bertz CT molecular complexity index is 860. The van der Waals surface area contributed by atoms with E-state index in [0.29, 0.717) is 11.8 Å². The second kappa shape index (κ2) is 8.37. The average Bonchev–Trinajstić information content (AvgIpc) is 3.27. The van der Waals surface area contributed by atoms with Crippen LogP contribution in [0, 0.1) is 0 Å². The van der Waals surface area contributed by atoms with Gasteiger partial charge in [0.1, 0.15) is 5.75 Å². The van der Waals surface area contributed by atoms with Crippen LogP contribution in [0.3, 0.4) is 0 Å². The number of rotatable bonds is 7. The number of carbonyl (C=O) groups excluding carboxylic acids is 1. The first kappa shape index (κ1) is 18.5. The minimum Gasteiger partial charge on any atom is -0.494 e. The highest BCUT2D eigenvalue weighted by atomic mass is 32.2. The van der Waals surface area contributed by atoms with Crippen molar-refractivity contribution in [1.82, 2.24) is 14.8 Å². The number of hydrogen-bond donors (Lipinski definition) is 1. The van der Waals surface area contributed by atoms with E-state index in [1.807, 2.05) is 67.2 Å². The Morgan fingerprint density at radius 3 is 2.73 bits per heavy atom. The van der Waals surface area contributed by atoms with Crippen molar-refractivity contribution in [3.05, 3.63) is 41.8 Å². The molecule has 1 N–H and O–H groups in total. The molecule has 1 amide bonds. The third-order valence-electron chi connectivity index (χ3n) is 3.66. The fourth-order valence-corrected chi connectivity index (χ4v) is 3.85. The maximum Gasteiger partial charge on any atom is 0.237 e. The number of amides is 1. The van der Waals surface area contributed by atoms with Crippen molar-refractivity contribution in [2.45, 2.75) is 24.3 Å². The molecule has 2 heterocycles. The van der Waals surface area contributed by atoms with Crippen LogP contribution in [0.4, 0.5) is 5.69 Å². The van der Waals surface area contributed by atoms with Gasteiger partial charge in [-0.2, -0.15) is 0 Å². The van der Waals surface area contributed by atoms with Crippen LogP contribution in [0.25, 0.3) is 10.7 Å². The Morgan fingerprint density at radius 2 is 2.08 bits per heavy atom. The zero-order valence-electron chi connectivity index (χ0n) is 14.8. The number of anilines is 1. The smallest absolute Gasteiger partial charge is 0.237 e. The van der Waals surface area contributed by atoms with Crippen LogP contribution in [0.5, 0.6) is 5.75 Å². The van der Waals surface area contributed by atoms with Gasteiger partial charge in [-0.25, -0.2) is 0 Å². The molecule has 2 aromatic heterocycles. The molecule has 0 saturated carbocycles. The van der Waals surface area contributed by atoms with Gasteiger partial charge in [0, 0.05) is 12.7 Å². The molecule has 26 heavy (non-hydrogen) atoms. The number of ether oxygens (including phenoxy) is 1. The summed E-state index contributed by atoms with van der Waals surface area (Å²) >= 11 is 3.00. The summed E-state index contributed by atoms with van der Waals surface area (Å²) in [5.74, 6) is 1.51. The number of nitrogens with zero attached hydrogens (tertiary/aromatic N) is 3. The molecule has 0 aliphatic carbocycles. The minimum absolute atomic E-state index is 0.0835. The number of carbonyl (C=O) groups is 1. The summed E-state index contributed by atoms with van der Waals surface area (Å²) < 4.78 is 7.32. The van der Waals surface area contributed by atoms with E-state index < -0.39 is 0 Å². The van der Waals surface area contributed by atoms with E-state index in [1.165, 1.54) is 11.8 Å². The van der Waals surface area contributed by atoms with Crippen molar-refractivity contribution in [3.8, 4) is 16.5 Å². The summed E-state index contributed by atoms with van der Waals surface area (Å²) in [6.45, 7) is 4.41. The molecule has 0 aliphatic rings. The highest BCUT2D eigenvalue weighted by molar-refractivity contribution is 8.00. The number of thiophene rings is 1. The van der Waals surface area contributed by atoms with Crippen LogP contribution in [0.15, 0.2) is 46.9 Å². The van der Waals surface area contributed by atoms with E-state index in [9.17, 15) is 4.79 Å². The lowest BCUT2D eigenvalue weighted by Gasteiger charge is -2.12. The van der Waals surface area contributed by atoms with Crippen LogP contribution in [0.1, 0.15) is 13.8 Å². The molecule has 0 spiro atoms. The number of benzene rings is 1. The molecule has 0 radical (unpaired) electrons. The molecule has 6 nitrogen and oxygen atoms in total. The molecule has 0 saturated heterocycles. The van der Waals surface area contributed by atoms with Crippen LogP contribution in [-0.4, -0.2) is 32.5 Å². The quantitative estimate of drug-likeness (QED) is 0.618. The lowest BCUT2D eigenvalue weighted by atomic mass is 10.3. The largest absolute Gasteiger partial charge is 0.494 e. The lowest BCUT2D eigenvalue weighted by Crippen LogP contribution is -2.22. The Balaban J connectivity index is 1.62. The van der Waals surface area contributed by atoms with Gasteiger partial charge in [0.05, 0.1) is 16.7 Å². The SMILES string of the molecule is CCOc1ccc(NC(=O)[C@@H](C)Sc2nnc(-c3cccs3)n2C)cc1. The van der Waals surface area contributed by atoms with E-state index in [4.69, 9.17) is 4.74 Å². The number of hydrogen-bond acceptors (Lipinski definition) is 6. The molecule has 1 atom stereocenters. The summed E-state index contributed by atoms with van der Waals surface area (Å²) in [7, 11) is 1.91. The fraction of sp³-hybridized carbons (Fsp3) is 0.278. The second-order valence-electron chi connectivity index (χ2n) is 5.55. The molecule has 8 heteroatoms. The minimum atomic E-state index is -0.305. The van der Waals surface area contributed by atoms with Gasteiger partial charge < -0.3 is 14.6 Å². The fourth-order valence-electron chi connectivity index (χ4n) is 2.29. The van der Waals surface area contributed by atoms with E-state index >= 15 is 0 Å². The maximum atomic E-state index is 12.5. The van der Waals surface area contributed by atoms with E-state index in [0.717, 1.165) is 22.1 Å². The van der Waals surface area contributed by atoms with E-state index in [1.54, 1.807) is 11.3 Å². The molecule has 0 unspecified atom stereocenters. The number of aromatic nitrogens is 3. The third-order valence-corrected chi connectivity index (χ3v) is 5.66. The Kier molecular flexibility index (Phi) is 5.95. The Morgan fingerprint density at radius 1 is 1.31 bits per heavy atom. The zero-order chi connectivity index (χ0) is 18.5. The van der Waals surface area contributed by atoms with Crippen molar-refractivity contribution in [2.24, 2.45) is 7.05 Å². The molecule has 0 fully saturated rings. The summed E-state index contributed by atoms with van der Waals surface area (Å²) in [5, 5.41) is 13.8. The van der Waals surface area contributed by atoms with Gasteiger partial charge in [-0.05, 0) is 49.6 Å². The maximum absolute atomic E-state index is 12.5. The Hall–Kier alpha value is -2.32. The summed E-state index contributed by atoms with van der Waals surface area (Å²) in [6, 6.07) is 11.3. The number of thioether (sulfide) groups is 1. The number of nitrogens with one attached hydrogen (secondary N) is 1. The monoisotopic (exact) mass is 388 g/mol. The average molecular weight is 389 g/mol. The third kappa shape index (κ3) is 4.25. The molecule has 136 valence electrons. The molecule has 3 aromatic rings.